The summed E-state index contributed by atoms with van der Waals surface area (Å²) in [5, 5.41) is 3.68. The molecule has 0 saturated carbocycles. The molecule has 8 heteroatoms. The molecule has 102 valence electrons. The maximum absolute atomic E-state index is 12.0. The summed E-state index contributed by atoms with van der Waals surface area (Å²) in [5.74, 6) is -0.134. The van der Waals surface area contributed by atoms with Crippen LogP contribution in [0.3, 0.4) is 0 Å². The quantitative estimate of drug-likeness (QED) is 0.938. The Labute approximate surface area is 110 Å². The van der Waals surface area contributed by atoms with Gasteiger partial charge in [0.1, 0.15) is 18.9 Å². The van der Waals surface area contributed by atoms with E-state index in [1.165, 1.54) is 22.1 Å². The average molecular weight is 289 g/mol. The van der Waals surface area contributed by atoms with Gasteiger partial charge < -0.3 is 9.88 Å². The van der Waals surface area contributed by atoms with Crippen LogP contribution in [0.1, 0.15) is 0 Å². The molecule has 0 aliphatic rings. The van der Waals surface area contributed by atoms with Gasteiger partial charge in [-0.05, 0) is 11.4 Å². The van der Waals surface area contributed by atoms with Gasteiger partial charge in [-0.3, -0.25) is 4.79 Å². The molecule has 1 amide bonds. The summed E-state index contributed by atoms with van der Waals surface area (Å²) < 4.78 is 37.4. The number of aromatic nitrogens is 2. The molecule has 1 N–H and O–H groups in total. The van der Waals surface area contributed by atoms with Crippen molar-refractivity contribution in [2.45, 2.75) is 12.7 Å². The molecular weight excluding hydrogens is 279 g/mol. The summed E-state index contributed by atoms with van der Waals surface area (Å²) >= 11 is 1.44. The largest absolute Gasteiger partial charge is 0.405 e. The van der Waals surface area contributed by atoms with E-state index in [1.54, 1.807) is 6.20 Å². The third-order valence-corrected chi connectivity index (χ3v) is 3.12. The molecule has 0 spiro atoms. The SMILES string of the molecule is O=C(Cn1ccnc1-c1cccs1)NCC(F)(F)F. The molecule has 2 aromatic rings. The molecule has 19 heavy (non-hydrogen) atoms. The monoisotopic (exact) mass is 289 g/mol. The van der Waals surface area contributed by atoms with Gasteiger partial charge in [0.2, 0.25) is 5.91 Å². The van der Waals surface area contributed by atoms with Crippen LogP contribution in [0.25, 0.3) is 10.7 Å². The van der Waals surface area contributed by atoms with E-state index in [-0.39, 0.29) is 6.54 Å². The minimum atomic E-state index is -4.40. The first-order chi connectivity index (χ1) is 8.96. The molecule has 0 unspecified atom stereocenters. The Bertz CT molecular complexity index is 548. The van der Waals surface area contributed by atoms with Crippen LogP contribution in [-0.2, 0) is 11.3 Å². The number of thiophene rings is 1. The van der Waals surface area contributed by atoms with Crippen LogP contribution in [0.2, 0.25) is 0 Å². The molecule has 2 rings (SSSR count). The van der Waals surface area contributed by atoms with E-state index in [2.05, 4.69) is 4.98 Å². The van der Waals surface area contributed by atoms with Crippen molar-refractivity contribution in [3.63, 3.8) is 0 Å². The number of imidazole rings is 1. The lowest BCUT2D eigenvalue weighted by atomic mass is 10.4. The number of alkyl halides is 3. The van der Waals surface area contributed by atoms with E-state index < -0.39 is 18.6 Å². The van der Waals surface area contributed by atoms with Crippen molar-refractivity contribution in [1.82, 2.24) is 14.9 Å². The molecule has 0 saturated heterocycles. The van der Waals surface area contributed by atoms with Crippen molar-refractivity contribution >= 4 is 17.2 Å². The van der Waals surface area contributed by atoms with Gasteiger partial charge in [-0.15, -0.1) is 11.3 Å². The van der Waals surface area contributed by atoms with Crippen LogP contribution in [0.5, 0.6) is 0 Å². The molecule has 4 nitrogen and oxygen atoms in total. The first kappa shape index (κ1) is 13.6. The molecule has 2 heterocycles. The van der Waals surface area contributed by atoms with E-state index in [9.17, 15) is 18.0 Å². The lowest BCUT2D eigenvalue weighted by Crippen LogP contribution is -2.35. The molecule has 0 aliphatic carbocycles. The molecule has 0 bridgehead atoms. The molecular formula is C11H10F3N3OS. The van der Waals surface area contributed by atoms with Crippen LogP contribution in [0.4, 0.5) is 13.2 Å². The Kier molecular flexibility index (Phi) is 3.89. The number of nitrogens with one attached hydrogen (secondary N) is 1. The lowest BCUT2D eigenvalue weighted by molar-refractivity contribution is -0.138. The first-order valence-corrected chi connectivity index (χ1v) is 6.22. The second kappa shape index (κ2) is 5.43. The summed E-state index contributed by atoms with van der Waals surface area (Å²) in [6, 6.07) is 3.67. The zero-order chi connectivity index (χ0) is 13.9. The molecule has 0 aromatic carbocycles. The number of carbonyl (C=O) groups is 1. The third kappa shape index (κ3) is 3.82. The van der Waals surface area contributed by atoms with E-state index >= 15 is 0 Å². The third-order valence-electron chi connectivity index (χ3n) is 2.26. The number of hydrogen-bond acceptors (Lipinski definition) is 3. The Morgan fingerprint density at radius 2 is 2.26 bits per heavy atom. The second-order valence-electron chi connectivity index (χ2n) is 3.75. The highest BCUT2D eigenvalue weighted by atomic mass is 32.1. The van der Waals surface area contributed by atoms with Gasteiger partial charge in [0, 0.05) is 12.4 Å². The summed E-state index contributed by atoms with van der Waals surface area (Å²) in [6.07, 6.45) is -1.34. The predicted molar refractivity (Wildman–Crippen MR) is 64.6 cm³/mol. The van der Waals surface area contributed by atoms with Crippen LogP contribution in [0.15, 0.2) is 29.9 Å². The van der Waals surface area contributed by atoms with Gasteiger partial charge in [0.25, 0.3) is 0 Å². The highest BCUT2D eigenvalue weighted by Crippen LogP contribution is 2.22. The summed E-state index contributed by atoms with van der Waals surface area (Å²) in [7, 11) is 0. The summed E-state index contributed by atoms with van der Waals surface area (Å²) in [4.78, 5) is 16.4. The van der Waals surface area contributed by atoms with Crippen LogP contribution >= 0.6 is 11.3 Å². The molecule has 0 radical (unpaired) electrons. The number of rotatable bonds is 4. The van der Waals surface area contributed by atoms with Crippen LogP contribution in [0, 0.1) is 0 Å². The zero-order valence-corrected chi connectivity index (χ0v) is 10.5. The standard InChI is InChI=1S/C11H10F3N3OS/c12-11(13,14)7-16-9(18)6-17-4-3-15-10(17)8-2-1-5-19-8/h1-5H,6-7H2,(H,16,18). The minimum Gasteiger partial charge on any atom is -0.345 e. The van der Waals surface area contributed by atoms with Gasteiger partial charge >= 0.3 is 6.18 Å². The van der Waals surface area contributed by atoms with E-state index in [0.29, 0.717) is 5.82 Å². The predicted octanol–water partition coefficient (Wildman–Crippen LogP) is 2.29. The zero-order valence-electron chi connectivity index (χ0n) is 9.65. The number of hydrogen-bond donors (Lipinski definition) is 1. The van der Waals surface area contributed by atoms with Crippen LogP contribution in [-0.4, -0.2) is 28.2 Å². The number of amides is 1. The summed E-state index contributed by atoms with van der Waals surface area (Å²) in [6.45, 7) is -1.52. The van der Waals surface area contributed by atoms with Crippen LogP contribution < -0.4 is 5.32 Å². The molecule has 0 atom stereocenters. The fourth-order valence-electron chi connectivity index (χ4n) is 1.48. The van der Waals surface area contributed by atoms with Crippen molar-refractivity contribution < 1.29 is 18.0 Å². The number of carbonyl (C=O) groups excluding carboxylic acids is 1. The highest BCUT2D eigenvalue weighted by molar-refractivity contribution is 7.13. The van der Waals surface area contributed by atoms with E-state index in [0.717, 1.165) is 4.88 Å². The van der Waals surface area contributed by atoms with Gasteiger partial charge in [-0.2, -0.15) is 13.2 Å². The van der Waals surface area contributed by atoms with Gasteiger partial charge in [0.05, 0.1) is 4.88 Å². The van der Waals surface area contributed by atoms with E-state index in [4.69, 9.17) is 0 Å². The lowest BCUT2D eigenvalue weighted by Gasteiger charge is -2.09. The normalized spacial score (nSPS) is 11.5. The van der Waals surface area contributed by atoms with E-state index in [1.807, 2.05) is 22.8 Å². The minimum absolute atomic E-state index is 0.191. The van der Waals surface area contributed by atoms with Gasteiger partial charge in [0.15, 0.2) is 0 Å². The maximum atomic E-state index is 12.0. The first-order valence-electron chi connectivity index (χ1n) is 5.34. The molecule has 0 fully saturated rings. The average Bonchev–Trinajstić information content (AvgIpc) is 2.94. The van der Waals surface area contributed by atoms with Crippen molar-refractivity contribution in [1.29, 1.82) is 0 Å². The number of nitrogens with zero attached hydrogens (tertiary/aromatic N) is 2. The fourth-order valence-corrected chi connectivity index (χ4v) is 2.21. The maximum Gasteiger partial charge on any atom is 0.405 e. The Hall–Kier alpha value is -1.83. The fraction of sp³-hybridized carbons (Fsp3) is 0.273. The highest BCUT2D eigenvalue weighted by Gasteiger charge is 2.27. The van der Waals surface area contributed by atoms with Gasteiger partial charge in [-0.25, -0.2) is 4.98 Å². The van der Waals surface area contributed by atoms with Gasteiger partial charge in [-0.1, -0.05) is 6.07 Å². The van der Waals surface area contributed by atoms with Crippen molar-refractivity contribution in [2.24, 2.45) is 0 Å². The Balaban J connectivity index is 2.01. The van der Waals surface area contributed by atoms with Crippen molar-refractivity contribution in [3.8, 4) is 10.7 Å². The molecule has 2 aromatic heterocycles. The Morgan fingerprint density at radius 1 is 1.47 bits per heavy atom. The van der Waals surface area contributed by atoms with Crippen molar-refractivity contribution in [2.75, 3.05) is 6.54 Å². The second-order valence-corrected chi connectivity index (χ2v) is 4.70. The Morgan fingerprint density at radius 3 is 2.89 bits per heavy atom. The molecule has 0 aliphatic heterocycles. The topological polar surface area (TPSA) is 46.9 Å². The summed E-state index contributed by atoms with van der Waals surface area (Å²) in [5.41, 5.74) is 0. The smallest absolute Gasteiger partial charge is 0.345 e. The number of halogens is 3. The van der Waals surface area contributed by atoms with Crippen molar-refractivity contribution in [3.05, 3.63) is 29.9 Å².